The van der Waals surface area contributed by atoms with Crippen LogP contribution in [0.2, 0.25) is 0 Å². The Morgan fingerprint density at radius 2 is 2.10 bits per heavy atom. The number of nitrogen functional groups attached to an aromatic ring is 1. The van der Waals surface area contributed by atoms with E-state index in [4.69, 9.17) is 5.73 Å². The number of anilines is 2. The van der Waals surface area contributed by atoms with E-state index >= 15 is 0 Å². The molecule has 20 heavy (non-hydrogen) atoms. The maximum absolute atomic E-state index is 6.05. The topological polar surface area (TPSA) is 54.2 Å². The highest BCUT2D eigenvalue weighted by molar-refractivity contribution is 9.10. The Bertz CT molecular complexity index is 621. The van der Waals surface area contributed by atoms with Crippen LogP contribution in [0.1, 0.15) is 12.8 Å². The Morgan fingerprint density at radius 3 is 2.85 bits per heavy atom. The van der Waals surface area contributed by atoms with Gasteiger partial charge in [0.2, 0.25) is 0 Å². The van der Waals surface area contributed by atoms with Gasteiger partial charge in [0.25, 0.3) is 0 Å². The molecule has 106 valence electrons. The molecule has 0 saturated carbocycles. The summed E-state index contributed by atoms with van der Waals surface area (Å²) in [4.78, 5) is 6.89. The number of rotatable bonds is 2. The summed E-state index contributed by atoms with van der Waals surface area (Å²) in [6.45, 7) is 2.28. The van der Waals surface area contributed by atoms with Gasteiger partial charge in [-0.3, -0.25) is 4.98 Å². The first-order chi connectivity index (χ1) is 9.63. The number of fused-ring (bicyclic) bond motifs is 1. The Hall–Kier alpha value is -1.33. The van der Waals surface area contributed by atoms with Crippen molar-refractivity contribution in [1.29, 1.82) is 0 Å². The van der Waals surface area contributed by atoms with E-state index in [1.165, 1.54) is 12.8 Å². The zero-order valence-corrected chi connectivity index (χ0v) is 13.2. The van der Waals surface area contributed by atoms with E-state index in [2.05, 4.69) is 38.2 Å². The summed E-state index contributed by atoms with van der Waals surface area (Å²) in [5.41, 5.74) is 8.85. The molecule has 1 aliphatic heterocycles. The normalized spacial score (nSPS) is 17.5. The van der Waals surface area contributed by atoms with Gasteiger partial charge in [0, 0.05) is 27.8 Å². The lowest BCUT2D eigenvalue weighted by Crippen LogP contribution is -2.36. The molecule has 0 spiro atoms. The van der Waals surface area contributed by atoms with Crippen molar-refractivity contribution in [2.45, 2.75) is 18.9 Å². The minimum Gasteiger partial charge on any atom is -0.398 e. The molecule has 0 aliphatic carbocycles. The van der Waals surface area contributed by atoms with Crippen molar-refractivity contribution in [2.75, 3.05) is 31.2 Å². The van der Waals surface area contributed by atoms with Gasteiger partial charge in [0.15, 0.2) is 0 Å². The lowest BCUT2D eigenvalue weighted by Gasteiger charge is -2.30. The number of benzene rings is 1. The van der Waals surface area contributed by atoms with E-state index in [0.29, 0.717) is 6.04 Å². The number of aromatic nitrogens is 1. The van der Waals surface area contributed by atoms with Gasteiger partial charge >= 0.3 is 0 Å². The van der Waals surface area contributed by atoms with E-state index in [9.17, 15) is 0 Å². The minimum absolute atomic E-state index is 0.517. The lowest BCUT2D eigenvalue weighted by atomic mass is 10.0. The zero-order chi connectivity index (χ0) is 14.1. The number of piperidine rings is 1. The van der Waals surface area contributed by atoms with Crippen molar-refractivity contribution < 1.29 is 0 Å². The number of pyridine rings is 1. The first-order valence-corrected chi connectivity index (χ1v) is 7.71. The van der Waals surface area contributed by atoms with E-state index in [1.807, 2.05) is 24.4 Å². The maximum Gasteiger partial charge on any atom is 0.0954 e. The van der Waals surface area contributed by atoms with Crippen molar-refractivity contribution in [3.8, 4) is 0 Å². The summed E-state index contributed by atoms with van der Waals surface area (Å²) in [6.07, 6.45) is 4.15. The maximum atomic E-state index is 6.05. The molecule has 0 bridgehead atoms. The van der Waals surface area contributed by atoms with E-state index in [0.717, 1.165) is 39.8 Å². The Morgan fingerprint density at radius 1 is 1.35 bits per heavy atom. The molecule has 0 atom stereocenters. The van der Waals surface area contributed by atoms with Crippen LogP contribution in [0.15, 0.2) is 28.9 Å². The fourth-order valence-electron chi connectivity index (χ4n) is 2.71. The second-order valence-electron chi connectivity index (χ2n) is 5.47. The predicted octanol–water partition coefficient (Wildman–Crippen LogP) is 3.09. The van der Waals surface area contributed by atoms with Crippen LogP contribution in [-0.4, -0.2) is 36.1 Å². The minimum atomic E-state index is 0.517. The van der Waals surface area contributed by atoms with Crippen molar-refractivity contribution >= 4 is 38.2 Å². The summed E-state index contributed by atoms with van der Waals surface area (Å²) in [5.74, 6) is 0. The second kappa shape index (κ2) is 5.58. The quantitative estimate of drug-likeness (QED) is 0.828. The molecule has 1 fully saturated rings. The Balaban J connectivity index is 1.90. The van der Waals surface area contributed by atoms with Crippen LogP contribution in [0.5, 0.6) is 0 Å². The summed E-state index contributed by atoms with van der Waals surface area (Å²) in [5, 5.41) is 4.63. The first-order valence-electron chi connectivity index (χ1n) is 6.92. The molecular weight excluding hydrogens is 316 g/mol. The number of halogens is 1. The molecule has 2 aromatic rings. The fourth-order valence-corrected chi connectivity index (χ4v) is 3.04. The highest BCUT2D eigenvalue weighted by Crippen LogP contribution is 2.30. The molecule has 0 radical (unpaired) electrons. The van der Waals surface area contributed by atoms with Crippen LogP contribution in [0.25, 0.3) is 10.9 Å². The molecule has 4 nitrogen and oxygen atoms in total. The molecule has 0 unspecified atom stereocenters. The van der Waals surface area contributed by atoms with Crippen molar-refractivity contribution in [2.24, 2.45) is 0 Å². The van der Waals surface area contributed by atoms with E-state index in [-0.39, 0.29) is 0 Å². The van der Waals surface area contributed by atoms with Crippen LogP contribution >= 0.6 is 15.9 Å². The number of hydrogen-bond donors (Lipinski definition) is 2. The van der Waals surface area contributed by atoms with Crippen LogP contribution < -0.4 is 11.1 Å². The van der Waals surface area contributed by atoms with Gasteiger partial charge in [-0.05, 0) is 67.1 Å². The molecule has 5 heteroatoms. The van der Waals surface area contributed by atoms with E-state index < -0.39 is 0 Å². The summed E-state index contributed by atoms with van der Waals surface area (Å²) in [6, 6.07) is 6.53. The highest BCUT2D eigenvalue weighted by atomic mass is 79.9. The third-order valence-corrected chi connectivity index (χ3v) is 4.36. The molecule has 1 aromatic carbocycles. The SMILES string of the molecule is CN1CCC(Nc2ccc(N)c3cc(Br)cnc23)CC1. The highest BCUT2D eigenvalue weighted by Gasteiger charge is 2.17. The van der Waals surface area contributed by atoms with Crippen molar-refractivity contribution in [3.05, 3.63) is 28.9 Å². The molecule has 3 N–H and O–H groups in total. The number of nitrogens with zero attached hydrogens (tertiary/aromatic N) is 2. The Labute approximate surface area is 127 Å². The summed E-state index contributed by atoms with van der Waals surface area (Å²) < 4.78 is 0.952. The van der Waals surface area contributed by atoms with Gasteiger partial charge in [-0.2, -0.15) is 0 Å². The molecular formula is C15H19BrN4. The third-order valence-electron chi connectivity index (χ3n) is 3.93. The predicted molar refractivity (Wildman–Crippen MR) is 88.0 cm³/mol. The van der Waals surface area contributed by atoms with Crippen molar-refractivity contribution in [3.63, 3.8) is 0 Å². The standard InChI is InChI=1S/C15H19BrN4/c1-20-6-4-11(5-7-20)19-14-3-2-13(17)12-8-10(16)9-18-15(12)14/h2-3,8-9,11,19H,4-7,17H2,1H3. The second-order valence-corrected chi connectivity index (χ2v) is 6.39. The van der Waals surface area contributed by atoms with Crippen LogP contribution in [0.3, 0.4) is 0 Å². The fraction of sp³-hybridized carbons (Fsp3) is 0.400. The number of nitrogens with one attached hydrogen (secondary N) is 1. The third kappa shape index (κ3) is 2.74. The van der Waals surface area contributed by atoms with Crippen molar-refractivity contribution in [1.82, 2.24) is 9.88 Å². The van der Waals surface area contributed by atoms with Gasteiger partial charge < -0.3 is 16.0 Å². The molecule has 1 aliphatic rings. The Kier molecular flexibility index (Phi) is 3.81. The molecule has 0 amide bonds. The van der Waals surface area contributed by atoms with Gasteiger partial charge in [-0.15, -0.1) is 0 Å². The zero-order valence-electron chi connectivity index (χ0n) is 11.6. The first kappa shape index (κ1) is 13.6. The average Bonchev–Trinajstić information content (AvgIpc) is 2.44. The van der Waals surface area contributed by atoms with Gasteiger partial charge in [-0.25, -0.2) is 0 Å². The van der Waals surface area contributed by atoms with Gasteiger partial charge in [0.1, 0.15) is 0 Å². The van der Waals surface area contributed by atoms with Crippen LogP contribution in [0.4, 0.5) is 11.4 Å². The summed E-state index contributed by atoms with van der Waals surface area (Å²) in [7, 11) is 2.17. The van der Waals surface area contributed by atoms with E-state index in [1.54, 1.807) is 0 Å². The summed E-state index contributed by atoms with van der Waals surface area (Å²) >= 11 is 3.45. The largest absolute Gasteiger partial charge is 0.398 e. The number of likely N-dealkylation sites (tertiary alicyclic amines) is 1. The van der Waals surface area contributed by atoms with Gasteiger partial charge in [-0.1, -0.05) is 0 Å². The monoisotopic (exact) mass is 334 g/mol. The smallest absolute Gasteiger partial charge is 0.0954 e. The van der Waals surface area contributed by atoms with Crippen LogP contribution in [0, 0.1) is 0 Å². The molecule has 1 saturated heterocycles. The molecule has 3 rings (SSSR count). The number of nitrogens with two attached hydrogens (primary N) is 1. The molecule has 2 heterocycles. The van der Waals surface area contributed by atoms with Gasteiger partial charge in [0.05, 0.1) is 11.2 Å². The lowest BCUT2D eigenvalue weighted by molar-refractivity contribution is 0.264. The molecule has 1 aromatic heterocycles. The average molecular weight is 335 g/mol. The number of hydrogen-bond acceptors (Lipinski definition) is 4. The van der Waals surface area contributed by atoms with Crippen LogP contribution in [-0.2, 0) is 0 Å².